The van der Waals surface area contributed by atoms with Crippen LogP contribution in [0.1, 0.15) is 22.6 Å². The largest absolute Gasteiger partial charge is 0.489 e. The Balaban J connectivity index is 1.21. The van der Waals surface area contributed by atoms with Crippen LogP contribution in [0.4, 0.5) is 0 Å². The van der Waals surface area contributed by atoms with Gasteiger partial charge in [-0.1, -0.05) is 71.0 Å². The van der Waals surface area contributed by atoms with Crippen molar-refractivity contribution in [2.24, 2.45) is 0 Å². The zero-order chi connectivity index (χ0) is 26.5. The van der Waals surface area contributed by atoms with Crippen LogP contribution in [0.5, 0.6) is 5.75 Å². The Morgan fingerprint density at radius 2 is 1.71 bits per heavy atom. The van der Waals surface area contributed by atoms with Crippen molar-refractivity contribution in [3.05, 3.63) is 127 Å². The molecule has 0 aliphatic carbocycles. The molecule has 3 aromatic carbocycles. The fraction of sp³-hybridized carbons (Fsp3) is 0.143. The summed E-state index contributed by atoms with van der Waals surface area (Å²) in [7, 11) is 0. The van der Waals surface area contributed by atoms with Gasteiger partial charge in [-0.05, 0) is 54.4 Å². The number of hydrogen-bond acceptors (Lipinski definition) is 7. The molecular weight excluding hydrogens is 524 g/mol. The molecule has 0 atom stereocenters. The second-order valence-corrected chi connectivity index (χ2v) is 9.92. The minimum atomic E-state index is -0.462. The molecule has 0 amide bonds. The molecule has 0 aliphatic heterocycles. The first kappa shape index (κ1) is 25.6. The molecule has 5 rings (SSSR count). The molecule has 0 spiro atoms. The van der Waals surface area contributed by atoms with Crippen LogP contribution in [0.25, 0.3) is 11.4 Å². The molecule has 2 aromatic heterocycles. The molecule has 5 aromatic rings. The van der Waals surface area contributed by atoms with Crippen molar-refractivity contribution >= 4 is 23.4 Å². The molecule has 10 heteroatoms. The lowest BCUT2D eigenvalue weighted by atomic mass is 10.2. The van der Waals surface area contributed by atoms with Gasteiger partial charge in [-0.3, -0.25) is 9.36 Å². The molecule has 2 heterocycles. The summed E-state index contributed by atoms with van der Waals surface area (Å²) in [5, 5.41) is 5.22. The lowest BCUT2D eigenvalue weighted by molar-refractivity contribution is 0.306. The van der Waals surface area contributed by atoms with Gasteiger partial charge in [-0.2, -0.15) is 4.98 Å². The predicted octanol–water partition coefficient (Wildman–Crippen LogP) is 5.47. The van der Waals surface area contributed by atoms with Crippen LogP contribution in [0.15, 0.2) is 98.0 Å². The van der Waals surface area contributed by atoms with E-state index in [-0.39, 0.29) is 12.1 Å². The van der Waals surface area contributed by atoms with Crippen LogP contribution in [0.2, 0.25) is 5.02 Å². The normalized spacial score (nSPS) is 11.0. The first-order chi connectivity index (χ1) is 18.5. The van der Waals surface area contributed by atoms with E-state index < -0.39 is 5.69 Å². The van der Waals surface area contributed by atoms with Gasteiger partial charge in [0.05, 0.1) is 17.3 Å². The maximum absolute atomic E-state index is 12.8. The number of nitrogens with one attached hydrogen (secondary N) is 1. The Morgan fingerprint density at radius 1 is 0.974 bits per heavy atom. The summed E-state index contributed by atoms with van der Waals surface area (Å²) >= 11 is 7.18. The Labute approximate surface area is 227 Å². The second-order valence-electron chi connectivity index (χ2n) is 8.50. The van der Waals surface area contributed by atoms with Crippen LogP contribution in [0, 0.1) is 6.92 Å². The number of aromatic nitrogens is 4. The fourth-order valence-corrected chi connectivity index (χ4v) is 4.69. The van der Waals surface area contributed by atoms with Crippen LogP contribution < -0.4 is 16.0 Å². The molecule has 0 aliphatic rings. The number of ether oxygens (including phenoxy) is 1. The molecule has 0 saturated heterocycles. The Kier molecular flexibility index (Phi) is 7.76. The number of aromatic amines is 1. The molecule has 8 nitrogen and oxygen atoms in total. The van der Waals surface area contributed by atoms with Crippen molar-refractivity contribution < 1.29 is 9.26 Å². The molecule has 0 unspecified atom stereocenters. The van der Waals surface area contributed by atoms with Gasteiger partial charge in [0.15, 0.2) is 0 Å². The lowest BCUT2D eigenvalue weighted by Crippen LogP contribution is -2.37. The number of rotatable bonds is 9. The summed E-state index contributed by atoms with van der Waals surface area (Å²) in [5.74, 6) is 1.83. The second kappa shape index (κ2) is 11.5. The maximum atomic E-state index is 12.8. The minimum Gasteiger partial charge on any atom is -0.489 e. The third-order valence-electron chi connectivity index (χ3n) is 5.80. The van der Waals surface area contributed by atoms with E-state index in [1.54, 1.807) is 6.92 Å². The van der Waals surface area contributed by atoms with Crippen molar-refractivity contribution in [1.29, 1.82) is 0 Å². The Hall–Kier alpha value is -4.08. The molecule has 192 valence electrons. The van der Waals surface area contributed by atoms with E-state index in [0.717, 1.165) is 16.7 Å². The third-order valence-corrected chi connectivity index (χ3v) is 7.14. The van der Waals surface area contributed by atoms with Crippen LogP contribution in [-0.2, 0) is 18.9 Å². The average molecular weight is 547 g/mol. The van der Waals surface area contributed by atoms with E-state index >= 15 is 0 Å². The smallest absolute Gasteiger partial charge is 0.329 e. The summed E-state index contributed by atoms with van der Waals surface area (Å²) < 4.78 is 12.4. The number of nitrogens with zero attached hydrogens (tertiary/aromatic N) is 3. The Morgan fingerprint density at radius 3 is 2.45 bits per heavy atom. The fourth-order valence-electron chi connectivity index (χ4n) is 3.72. The van der Waals surface area contributed by atoms with E-state index in [1.165, 1.54) is 16.3 Å². The first-order valence-corrected chi connectivity index (χ1v) is 13.1. The van der Waals surface area contributed by atoms with E-state index in [2.05, 4.69) is 15.1 Å². The lowest BCUT2D eigenvalue weighted by Gasteiger charge is -2.09. The summed E-state index contributed by atoms with van der Waals surface area (Å²) in [6, 6.07) is 24.3. The standard InChI is InChI=1S/C28H23ClN4O4S/c1-18-26(31-28(35)33(27(18)34)15-19-5-3-2-4-6-19)38-17-24-30-25(32-37-24)21-9-13-23(14-10-21)36-16-20-7-11-22(29)12-8-20/h2-14H,15-17H2,1H3,(H,31,35). The summed E-state index contributed by atoms with van der Waals surface area (Å²) in [6.07, 6.45) is 0. The van der Waals surface area contributed by atoms with E-state index in [0.29, 0.717) is 45.4 Å². The highest BCUT2D eigenvalue weighted by Crippen LogP contribution is 2.24. The van der Waals surface area contributed by atoms with Crippen LogP contribution in [-0.4, -0.2) is 19.7 Å². The number of thioether (sulfide) groups is 1. The number of halogens is 1. The SMILES string of the molecule is Cc1c(SCc2nc(-c3ccc(OCc4ccc(Cl)cc4)cc3)no2)[nH]c(=O)n(Cc2ccccc2)c1=O. The zero-order valence-corrected chi connectivity index (χ0v) is 22.0. The highest BCUT2D eigenvalue weighted by Gasteiger charge is 2.14. The number of benzene rings is 3. The maximum Gasteiger partial charge on any atom is 0.329 e. The van der Waals surface area contributed by atoms with Gasteiger partial charge in [0, 0.05) is 16.1 Å². The quantitative estimate of drug-likeness (QED) is 0.193. The van der Waals surface area contributed by atoms with Gasteiger partial charge in [0.2, 0.25) is 11.7 Å². The molecule has 0 radical (unpaired) electrons. The molecule has 0 saturated carbocycles. The molecule has 0 bridgehead atoms. The highest BCUT2D eigenvalue weighted by molar-refractivity contribution is 7.98. The van der Waals surface area contributed by atoms with Gasteiger partial charge in [-0.25, -0.2) is 4.79 Å². The third kappa shape index (κ3) is 6.07. The minimum absolute atomic E-state index is 0.207. The topological polar surface area (TPSA) is 103 Å². The monoisotopic (exact) mass is 546 g/mol. The zero-order valence-electron chi connectivity index (χ0n) is 20.4. The summed E-state index contributed by atoms with van der Waals surface area (Å²) in [4.78, 5) is 32.7. The van der Waals surface area contributed by atoms with E-state index in [9.17, 15) is 9.59 Å². The average Bonchev–Trinajstić information content (AvgIpc) is 3.42. The predicted molar refractivity (Wildman–Crippen MR) is 147 cm³/mol. The van der Waals surface area contributed by atoms with E-state index in [1.807, 2.05) is 78.9 Å². The Bertz CT molecular complexity index is 1650. The van der Waals surface area contributed by atoms with Crippen molar-refractivity contribution in [3.8, 4) is 17.1 Å². The van der Waals surface area contributed by atoms with Gasteiger partial charge in [-0.15, -0.1) is 0 Å². The van der Waals surface area contributed by atoms with Gasteiger partial charge >= 0.3 is 5.69 Å². The first-order valence-electron chi connectivity index (χ1n) is 11.8. The summed E-state index contributed by atoms with van der Waals surface area (Å²) in [6.45, 7) is 2.33. The van der Waals surface area contributed by atoms with Gasteiger partial charge in [0.1, 0.15) is 12.4 Å². The van der Waals surface area contributed by atoms with Crippen LogP contribution >= 0.6 is 23.4 Å². The summed E-state index contributed by atoms with van der Waals surface area (Å²) in [5.41, 5.74) is 2.33. The molecule has 0 fully saturated rings. The van der Waals surface area contributed by atoms with Gasteiger partial charge < -0.3 is 14.2 Å². The molecule has 1 N–H and O–H groups in total. The van der Waals surface area contributed by atoms with Crippen molar-refractivity contribution in [2.75, 3.05) is 0 Å². The van der Waals surface area contributed by atoms with Crippen LogP contribution in [0.3, 0.4) is 0 Å². The van der Waals surface area contributed by atoms with Crippen molar-refractivity contribution in [2.45, 2.75) is 30.9 Å². The number of H-pyrrole nitrogens is 1. The highest BCUT2D eigenvalue weighted by atomic mass is 35.5. The van der Waals surface area contributed by atoms with E-state index in [4.69, 9.17) is 20.9 Å². The molecule has 38 heavy (non-hydrogen) atoms. The molecular formula is C28H23ClN4O4S. The van der Waals surface area contributed by atoms with Crippen molar-refractivity contribution in [1.82, 2.24) is 19.7 Å². The van der Waals surface area contributed by atoms with Crippen molar-refractivity contribution in [3.63, 3.8) is 0 Å². The number of hydrogen-bond donors (Lipinski definition) is 1. The van der Waals surface area contributed by atoms with Gasteiger partial charge in [0.25, 0.3) is 5.56 Å².